The van der Waals surface area contributed by atoms with E-state index >= 15 is 0 Å². The summed E-state index contributed by atoms with van der Waals surface area (Å²) in [5.74, 6) is -3.42. The lowest BCUT2D eigenvalue weighted by molar-refractivity contribution is 0.00276. The fraction of sp³-hybridized carbons (Fsp3) is 0.750. The zero-order valence-electron chi connectivity index (χ0n) is 20.2. The van der Waals surface area contributed by atoms with Crippen molar-refractivity contribution >= 4 is 0 Å². The average Bonchev–Trinajstić information content (AvgIpc) is 2.75. The summed E-state index contributed by atoms with van der Waals surface area (Å²) in [7, 11) is 0. The first-order valence-electron chi connectivity index (χ1n) is 11.2. The fourth-order valence-corrected chi connectivity index (χ4v) is 4.18. The highest BCUT2D eigenvalue weighted by atomic mass is 16.3. The number of rotatable bonds is 8. The molecule has 186 valence electrons. The Hall–Kier alpha value is -1.58. The van der Waals surface area contributed by atoms with Crippen LogP contribution >= 0.6 is 0 Å². The second kappa shape index (κ2) is 11.5. The van der Waals surface area contributed by atoms with Crippen LogP contribution < -0.4 is 5.73 Å². The van der Waals surface area contributed by atoms with Crippen molar-refractivity contribution < 1.29 is 35.7 Å². The van der Waals surface area contributed by atoms with Crippen molar-refractivity contribution in [2.75, 3.05) is 6.61 Å². The van der Waals surface area contributed by atoms with Crippen LogP contribution in [-0.4, -0.2) is 66.7 Å². The van der Waals surface area contributed by atoms with Crippen LogP contribution in [0.15, 0.2) is 34.5 Å². The summed E-state index contributed by atoms with van der Waals surface area (Å²) in [5.41, 5.74) is 7.25. The molecule has 0 aromatic carbocycles. The van der Waals surface area contributed by atoms with Gasteiger partial charge in [-0.3, -0.25) is 0 Å². The summed E-state index contributed by atoms with van der Waals surface area (Å²) >= 11 is 0. The second-order valence-corrected chi connectivity index (χ2v) is 10.2. The molecule has 0 radical (unpaired) electrons. The maximum Gasteiger partial charge on any atom is 0.155 e. The average molecular weight is 458 g/mol. The molecule has 0 fully saturated rings. The van der Waals surface area contributed by atoms with E-state index in [1.54, 1.807) is 6.92 Å². The van der Waals surface area contributed by atoms with Gasteiger partial charge in [-0.2, -0.15) is 0 Å². The van der Waals surface area contributed by atoms with Crippen molar-refractivity contribution in [3.63, 3.8) is 0 Å². The molecule has 0 aromatic heterocycles. The predicted octanol–water partition coefficient (Wildman–Crippen LogP) is 2.59. The molecule has 1 aliphatic rings. The summed E-state index contributed by atoms with van der Waals surface area (Å²) in [4.78, 5) is 0. The quantitative estimate of drug-likeness (QED) is 0.203. The van der Waals surface area contributed by atoms with Crippen LogP contribution in [0.5, 0.6) is 0 Å². The third kappa shape index (κ3) is 6.96. The zero-order chi connectivity index (χ0) is 25.0. The molecule has 0 saturated carbocycles. The molecule has 7 atom stereocenters. The van der Waals surface area contributed by atoms with E-state index in [2.05, 4.69) is 0 Å². The summed E-state index contributed by atoms with van der Waals surface area (Å²) in [6.45, 7) is 10.4. The van der Waals surface area contributed by atoms with Crippen molar-refractivity contribution in [1.82, 2.24) is 0 Å². The van der Waals surface area contributed by atoms with Crippen molar-refractivity contribution in [3.05, 3.63) is 34.5 Å². The van der Waals surface area contributed by atoms with Crippen LogP contribution in [0, 0.1) is 23.2 Å². The van der Waals surface area contributed by atoms with Crippen LogP contribution in [0.2, 0.25) is 0 Å². The van der Waals surface area contributed by atoms with Crippen molar-refractivity contribution in [3.8, 4) is 0 Å². The van der Waals surface area contributed by atoms with Crippen LogP contribution in [0.1, 0.15) is 60.8 Å². The number of hydrogen-bond donors (Lipinski definition) is 8. The van der Waals surface area contributed by atoms with Gasteiger partial charge in [0.1, 0.15) is 24.2 Å². The van der Waals surface area contributed by atoms with Gasteiger partial charge in [0.15, 0.2) is 5.76 Å². The van der Waals surface area contributed by atoms with E-state index in [9.17, 15) is 35.7 Å². The molecule has 1 rings (SSSR count). The molecule has 1 aliphatic carbocycles. The molecule has 8 nitrogen and oxygen atoms in total. The van der Waals surface area contributed by atoms with E-state index in [0.717, 1.165) is 5.57 Å². The van der Waals surface area contributed by atoms with E-state index < -0.39 is 60.2 Å². The van der Waals surface area contributed by atoms with E-state index in [1.807, 2.05) is 33.8 Å². The largest absolute Gasteiger partial charge is 0.510 e. The van der Waals surface area contributed by atoms with Gasteiger partial charge in [-0.15, -0.1) is 0 Å². The van der Waals surface area contributed by atoms with Gasteiger partial charge >= 0.3 is 0 Å². The Morgan fingerprint density at radius 2 is 1.78 bits per heavy atom. The smallest absolute Gasteiger partial charge is 0.155 e. The normalized spacial score (nSPS) is 29.3. The number of aliphatic hydroxyl groups excluding tert-OH is 7. The minimum atomic E-state index is -1.29. The van der Waals surface area contributed by atoms with Gasteiger partial charge in [0.2, 0.25) is 0 Å². The first-order chi connectivity index (χ1) is 14.6. The lowest BCUT2D eigenvalue weighted by atomic mass is 9.76. The van der Waals surface area contributed by atoms with Gasteiger partial charge in [-0.05, 0) is 56.9 Å². The van der Waals surface area contributed by atoms with Crippen molar-refractivity contribution in [2.24, 2.45) is 28.9 Å². The number of allylic oxidation sites excluding steroid dienone is 2. The minimum absolute atomic E-state index is 0.188. The van der Waals surface area contributed by atoms with E-state index in [0.29, 0.717) is 12.0 Å². The van der Waals surface area contributed by atoms with Crippen LogP contribution in [0.4, 0.5) is 0 Å². The molecule has 0 spiro atoms. The molecular weight excluding hydrogens is 414 g/mol. The van der Waals surface area contributed by atoms with E-state index in [-0.39, 0.29) is 24.0 Å². The Balaban J connectivity index is 3.35. The first kappa shape index (κ1) is 28.5. The third-order valence-corrected chi connectivity index (χ3v) is 6.86. The summed E-state index contributed by atoms with van der Waals surface area (Å²) in [5, 5.41) is 71.9. The van der Waals surface area contributed by atoms with E-state index in [1.165, 1.54) is 6.92 Å². The van der Waals surface area contributed by atoms with Crippen LogP contribution in [-0.2, 0) is 0 Å². The molecule has 32 heavy (non-hydrogen) atoms. The van der Waals surface area contributed by atoms with Gasteiger partial charge in [0.05, 0.1) is 18.1 Å². The molecule has 0 heterocycles. The van der Waals surface area contributed by atoms with Gasteiger partial charge in [0.25, 0.3) is 0 Å². The molecule has 0 aliphatic heterocycles. The highest BCUT2D eigenvalue weighted by Gasteiger charge is 2.38. The Bertz CT molecular complexity index is 720. The first-order valence-corrected chi connectivity index (χ1v) is 11.2. The molecule has 0 bridgehead atoms. The predicted molar refractivity (Wildman–Crippen MR) is 124 cm³/mol. The fourth-order valence-electron chi connectivity index (χ4n) is 4.18. The minimum Gasteiger partial charge on any atom is -0.510 e. The molecular formula is C24H43NO7. The maximum absolute atomic E-state index is 10.7. The SMILES string of the molecule is CC1=C(O)C(O)C(CCC(/C=C(\C)C(C)(C)C)C(/C(O)=C(/O)CO)[C@H](C)O)C(O)C[C@@H]1N. The van der Waals surface area contributed by atoms with Crippen molar-refractivity contribution in [2.45, 2.75) is 85.2 Å². The molecule has 9 N–H and O–H groups in total. The second-order valence-electron chi connectivity index (χ2n) is 10.2. The summed E-state index contributed by atoms with van der Waals surface area (Å²) in [6, 6.07) is -0.567. The Labute approximate surface area is 191 Å². The van der Waals surface area contributed by atoms with Gasteiger partial charge in [0, 0.05) is 12.0 Å². The van der Waals surface area contributed by atoms with Crippen molar-refractivity contribution in [1.29, 1.82) is 0 Å². The monoisotopic (exact) mass is 457 g/mol. The van der Waals surface area contributed by atoms with E-state index in [4.69, 9.17) is 5.73 Å². The zero-order valence-corrected chi connectivity index (χ0v) is 20.2. The summed E-state index contributed by atoms with van der Waals surface area (Å²) < 4.78 is 0. The Morgan fingerprint density at radius 1 is 1.22 bits per heavy atom. The summed E-state index contributed by atoms with van der Waals surface area (Å²) in [6.07, 6.45) is -0.589. The Kier molecular flexibility index (Phi) is 10.2. The number of hydrogen-bond acceptors (Lipinski definition) is 8. The Morgan fingerprint density at radius 3 is 2.25 bits per heavy atom. The lowest BCUT2D eigenvalue weighted by Gasteiger charge is -2.32. The standard InChI is InChI=1S/C24H43NO7/c1-12(24(4,5)6)9-15(20(14(3)27)23(32)19(29)11-26)7-8-16-18(28)10-17(25)13(2)21(30)22(16)31/h9,14-18,20,22,26-32H,7-8,10-11,25H2,1-6H3/b12-9+,23-19-/t14-,15?,16?,17-,18?,20?,22?/m0/s1. The van der Waals surface area contributed by atoms with Crippen LogP contribution in [0.3, 0.4) is 0 Å². The molecule has 5 unspecified atom stereocenters. The van der Waals surface area contributed by atoms with Crippen LogP contribution in [0.25, 0.3) is 0 Å². The number of nitrogens with two attached hydrogens (primary N) is 1. The molecule has 0 saturated heterocycles. The lowest BCUT2D eigenvalue weighted by Crippen LogP contribution is -2.35. The molecule has 8 heteroatoms. The number of aliphatic hydroxyl groups is 7. The van der Waals surface area contributed by atoms with Gasteiger partial charge in [-0.1, -0.05) is 32.4 Å². The highest BCUT2D eigenvalue weighted by molar-refractivity contribution is 5.20. The topological polar surface area (TPSA) is 168 Å². The van der Waals surface area contributed by atoms with Gasteiger partial charge in [-0.25, -0.2) is 0 Å². The molecule has 0 amide bonds. The van der Waals surface area contributed by atoms with Gasteiger partial charge < -0.3 is 41.5 Å². The maximum atomic E-state index is 10.7. The highest BCUT2D eigenvalue weighted by Crippen LogP contribution is 2.37. The third-order valence-electron chi connectivity index (χ3n) is 6.86. The molecule has 0 aromatic rings.